The maximum atomic E-state index is 11.9. The fraction of sp³-hybridized carbons (Fsp3) is 0.455. The molecule has 0 heterocycles. The maximum Gasteiger partial charge on any atom is 0.413 e. The van der Waals surface area contributed by atoms with Crippen molar-refractivity contribution in [3.8, 4) is 5.75 Å². The first kappa shape index (κ1) is 16.7. The molecule has 5 nitrogen and oxygen atoms in total. The summed E-state index contributed by atoms with van der Waals surface area (Å²) < 4.78 is 64.2. The molecular weight excluding hydrogens is 299 g/mol. The van der Waals surface area contributed by atoms with E-state index in [1.807, 2.05) is 0 Å². The van der Waals surface area contributed by atoms with Gasteiger partial charge in [-0.05, 0) is 37.6 Å². The Morgan fingerprint density at radius 2 is 1.95 bits per heavy atom. The number of hydrogen-bond donors (Lipinski definition) is 1. The van der Waals surface area contributed by atoms with Crippen LogP contribution in [0.5, 0.6) is 5.75 Å². The predicted molar refractivity (Wildman–Crippen MR) is 64.7 cm³/mol. The average Bonchev–Trinajstić information content (AvgIpc) is 2.29. The minimum absolute atomic E-state index is 0.208. The third-order valence-corrected chi connectivity index (χ3v) is 3.37. The second-order valence-corrected chi connectivity index (χ2v) is 5.50. The molecular formula is C11H14F3NO4S. The van der Waals surface area contributed by atoms with E-state index in [1.54, 1.807) is 13.8 Å². The van der Waals surface area contributed by atoms with Gasteiger partial charge in [-0.1, -0.05) is 4.89 Å². The lowest BCUT2D eigenvalue weighted by Crippen LogP contribution is -2.29. The number of rotatable bonds is 6. The Balaban J connectivity index is 2.80. The SMILES string of the molecule is CCOc1ccc(S(=O)(=O)NOCC(F)(F)F)cc1C. The molecule has 0 amide bonds. The molecule has 1 N–H and O–H groups in total. The molecule has 0 radical (unpaired) electrons. The summed E-state index contributed by atoms with van der Waals surface area (Å²) in [6.45, 7) is 2.11. The Labute approximate surface area is 114 Å². The first-order chi connectivity index (χ1) is 9.15. The van der Waals surface area contributed by atoms with E-state index < -0.39 is 22.8 Å². The van der Waals surface area contributed by atoms with Gasteiger partial charge in [-0.25, -0.2) is 8.42 Å². The van der Waals surface area contributed by atoms with Gasteiger partial charge in [-0.2, -0.15) is 13.2 Å². The van der Waals surface area contributed by atoms with E-state index in [0.29, 0.717) is 17.9 Å². The highest BCUT2D eigenvalue weighted by Crippen LogP contribution is 2.22. The van der Waals surface area contributed by atoms with Gasteiger partial charge >= 0.3 is 6.18 Å². The summed E-state index contributed by atoms with van der Waals surface area (Å²) >= 11 is 0. The van der Waals surface area contributed by atoms with Crippen LogP contribution in [0.1, 0.15) is 12.5 Å². The van der Waals surface area contributed by atoms with Gasteiger partial charge in [0.05, 0.1) is 11.5 Å². The third-order valence-electron chi connectivity index (χ3n) is 2.16. The Hall–Kier alpha value is -1.32. The van der Waals surface area contributed by atoms with Crippen LogP contribution in [0.25, 0.3) is 0 Å². The summed E-state index contributed by atoms with van der Waals surface area (Å²) in [6, 6.07) is 3.93. The number of nitrogens with one attached hydrogen (secondary N) is 1. The highest BCUT2D eigenvalue weighted by molar-refractivity contribution is 7.89. The third kappa shape index (κ3) is 4.99. The van der Waals surface area contributed by atoms with Crippen LogP contribution < -0.4 is 9.62 Å². The molecule has 0 bridgehead atoms. The molecule has 0 saturated carbocycles. The van der Waals surface area contributed by atoms with E-state index in [2.05, 4.69) is 4.84 Å². The number of hydrogen-bond acceptors (Lipinski definition) is 4. The molecule has 0 saturated heterocycles. The van der Waals surface area contributed by atoms with Gasteiger partial charge in [-0.15, -0.1) is 0 Å². The Morgan fingerprint density at radius 3 is 2.45 bits per heavy atom. The predicted octanol–water partition coefficient (Wildman–Crippen LogP) is 2.17. The molecule has 1 rings (SSSR count). The van der Waals surface area contributed by atoms with Crippen LogP contribution in [0.2, 0.25) is 0 Å². The molecule has 0 aliphatic carbocycles. The minimum atomic E-state index is -4.61. The van der Waals surface area contributed by atoms with Crippen molar-refractivity contribution >= 4 is 10.0 Å². The van der Waals surface area contributed by atoms with Gasteiger partial charge in [0, 0.05) is 0 Å². The van der Waals surface area contributed by atoms with Gasteiger partial charge in [0.15, 0.2) is 6.61 Å². The number of ether oxygens (including phenoxy) is 1. The van der Waals surface area contributed by atoms with Crippen molar-refractivity contribution in [2.24, 2.45) is 0 Å². The zero-order valence-electron chi connectivity index (χ0n) is 10.8. The fourth-order valence-corrected chi connectivity index (χ4v) is 2.23. The summed E-state index contributed by atoms with van der Waals surface area (Å²) in [5.41, 5.74) is 0.547. The van der Waals surface area contributed by atoms with Crippen LogP contribution in [-0.4, -0.2) is 27.8 Å². The van der Waals surface area contributed by atoms with Crippen LogP contribution >= 0.6 is 0 Å². The van der Waals surface area contributed by atoms with E-state index in [0.717, 1.165) is 0 Å². The summed E-state index contributed by atoms with van der Waals surface area (Å²) in [5.74, 6) is 0.502. The van der Waals surface area contributed by atoms with Crippen molar-refractivity contribution in [2.45, 2.75) is 24.9 Å². The zero-order chi connectivity index (χ0) is 15.4. The molecule has 0 fully saturated rings. The van der Waals surface area contributed by atoms with Gasteiger partial charge in [-0.3, -0.25) is 4.84 Å². The normalized spacial score (nSPS) is 12.4. The number of aryl methyl sites for hydroxylation is 1. The smallest absolute Gasteiger partial charge is 0.413 e. The Kier molecular flexibility index (Phi) is 5.37. The van der Waals surface area contributed by atoms with Crippen LogP contribution in [0.3, 0.4) is 0 Å². The standard InChI is InChI=1S/C11H14F3NO4S/c1-3-18-10-5-4-9(6-8(10)2)20(16,17)15-19-7-11(12,13)14/h4-6,15H,3,7H2,1-2H3. The van der Waals surface area contributed by atoms with Crippen molar-refractivity contribution in [3.05, 3.63) is 23.8 Å². The molecule has 9 heteroatoms. The van der Waals surface area contributed by atoms with E-state index in [4.69, 9.17) is 4.74 Å². The van der Waals surface area contributed by atoms with Crippen LogP contribution in [-0.2, 0) is 14.9 Å². The fourth-order valence-electron chi connectivity index (χ4n) is 1.34. The second kappa shape index (κ2) is 6.42. The molecule has 0 aliphatic heterocycles. The molecule has 1 aromatic rings. The Bertz CT molecular complexity index is 557. The highest BCUT2D eigenvalue weighted by atomic mass is 32.2. The number of alkyl halides is 3. The topological polar surface area (TPSA) is 64.6 Å². The van der Waals surface area contributed by atoms with Gasteiger partial charge in [0.25, 0.3) is 10.0 Å². The average molecular weight is 313 g/mol. The quantitative estimate of drug-likeness (QED) is 0.818. The van der Waals surface area contributed by atoms with Crippen LogP contribution in [0.15, 0.2) is 23.1 Å². The minimum Gasteiger partial charge on any atom is -0.494 e. The first-order valence-electron chi connectivity index (χ1n) is 5.59. The summed E-state index contributed by atoms with van der Waals surface area (Å²) in [7, 11) is -4.16. The van der Waals surface area contributed by atoms with Crippen molar-refractivity contribution in [2.75, 3.05) is 13.2 Å². The van der Waals surface area contributed by atoms with E-state index >= 15 is 0 Å². The zero-order valence-corrected chi connectivity index (χ0v) is 11.6. The maximum absolute atomic E-state index is 11.9. The second-order valence-electron chi connectivity index (χ2n) is 3.85. The lowest BCUT2D eigenvalue weighted by atomic mass is 10.2. The van der Waals surface area contributed by atoms with Crippen molar-refractivity contribution in [1.82, 2.24) is 4.89 Å². The molecule has 0 aromatic heterocycles. The molecule has 0 atom stereocenters. The number of halogens is 3. The van der Waals surface area contributed by atoms with Crippen molar-refractivity contribution < 1.29 is 31.2 Å². The summed E-state index contributed by atoms with van der Waals surface area (Å²) in [4.78, 5) is 5.15. The lowest BCUT2D eigenvalue weighted by molar-refractivity contribution is -0.181. The summed E-state index contributed by atoms with van der Waals surface area (Å²) in [6.07, 6.45) is -4.61. The van der Waals surface area contributed by atoms with Crippen molar-refractivity contribution in [1.29, 1.82) is 0 Å². The van der Waals surface area contributed by atoms with Gasteiger partial charge in [0.1, 0.15) is 5.75 Å². The van der Waals surface area contributed by atoms with E-state index in [9.17, 15) is 21.6 Å². The Morgan fingerprint density at radius 1 is 1.30 bits per heavy atom. The molecule has 20 heavy (non-hydrogen) atoms. The van der Waals surface area contributed by atoms with Crippen LogP contribution in [0, 0.1) is 6.92 Å². The molecule has 0 unspecified atom stereocenters. The molecule has 1 aromatic carbocycles. The van der Waals surface area contributed by atoms with Gasteiger partial charge < -0.3 is 4.74 Å². The monoisotopic (exact) mass is 313 g/mol. The van der Waals surface area contributed by atoms with Crippen molar-refractivity contribution in [3.63, 3.8) is 0 Å². The molecule has 0 spiro atoms. The summed E-state index contributed by atoms with van der Waals surface area (Å²) in [5, 5.41) is 0. The number of sulfonamides is 1. The molecule has 0 aliphatic rings. The van der Waals surface area contributed by atoms with E-state index in [1.165, 1.54) is 23.1 Å². The largest absolute Gasteiger partial charge is 0.494 e. The highest BCUT2D eigenvalue weighted by Gasteiger charge is 2.29. The van der Waals surface area contributed by atoms with E-state index in [-0.39, 0.29) is 4.90 Å². The lowest BCUT2D eigenvalue weighted by Gasteiger charge is -2.11. The number of benzene rings is 1. The molecule has 114 valence electrons. The van der Waals surface area contributed by atoms with Crippen LogP contribution in [0.4, 0.5) is 13.2 Å². The van der Waals surface area contributed by atoms with Gasteiger partial charge in [0.2, 0.25) is 0 Å². The first-order valence-corrected chi connectivity index (χ1v) is 7.08.